The summed E-state index contributed by atoms with van der Waals surface area (Å²) in [5, 5.41) is -0.360. The predicted octanol–water partition coefficient (Wildman–Crippen LogP) is 8.51. The van der Waals surface area contributed by atoms with Crippen molar-refractivity contribution in [3.8, 4) is 0 Å². The van der Waals surface area contributed by atoms with Crippen molar-refractivity contribution in [3.63, 3.8) is 0 Å². The lowest BCUT2D eigenvalue weighted by atomic mass is 9.84. The van der Waals surface area contributed by atoms with Gasteiger partial charge in [-0.2, -0.15) is 0 Å². The first-order valence-electron chi connectivity index (χ1n) is 14.2. The third-order valence-electron chi connectivity index (χ3n) is 7.57. The minimum atomic E-state index is -0.587. The second-order valence-corrected chi connectivity index (χ2v) is 11.9. The number of esters is 1. The molecule has 0 aliphatic carbocycles. The number of likely N-dealkylation sites (N-methyl/N-ethyl adjacent to an activating group) is 1. The van der Waals surface area contributed by atoms with E-state index in [9.17, 15) is 4.79 Å². The van der Waals surface area contributed by atoms with Gasteiger partial charge in [0.15, 0.2) is 0 Å². The van der Waals surface area contributed by atoms with Crippen LogP contribution in [0.2, 0.25) is 0 Å². The molecular weight excluding hydrogens is 510 g/mol. The molecule has 4 rings (SSSR count). The lowest BCUT2D eigenvalue weighted by Crippen LogP contribution is -2.37. The van der Waals surface area contributed by atoms with Gasteiger partial charge in [0.05, 0.1) is 4.75 Å². The van der Waals surface area contributed by atoms with E-state index in [1.54, 1.807) is 11.8 Å². The minimum absolute atomic E-state index is 0.0188. The second-order valence-electron chi connectivity index (χ2n) is 10.5. The van der Waals surface area contributed by atoms with Crippen LogP contribution in [-0.2, 0) is 14.3 Å². The van der Waals surface area contributed by atoms with Gasteiger partial charge in [-0.25, -0.2) is 0 Å². The van der Waals surface area contributed by atoms with Crippen molar-refractivity contribution in [1.82, 2.24) is 4.90 Å². The fraction of sp³-hybridized carbons (Fsp3) is 0.306. The van der Waals surface area contributed by atoms with Gasteiger partial charge in [-0.3, -0.25) is 4.79 Å². The van der Waals surface area contributed by atoms with E-state index in [4.69, 9.17) is 4.74 Å². The standard InChI is InChI=1S/C36H41NO2S/c1-5-6-27-33(35(38)39-34(28(2)37(3)4)29-19-11-7-12-20-29)40-36(30-21-13-8-14-22-30,31-23-15-9-16-24-31)32-25-17-10-18-26-32/h7-26,28,33-34H,5-6,27H2,1-4H3/t28-,33+,34+/m0/s1. The number of hydrogen-bond donors (Lipinski definition) is 0. The largest absolute Gasteiger partial charge is 0.455 e. The molecule has 0 radical (unpaired) electrons. The van der Waals surface area contributed by atoms with Crippen molar-refractivity contribution in [2.75, 3.05) is 14.1 Å². The first-order valence-corrected chi connectivity index (χ1v) is 15.1. The summed E-state index contributed by atoms with van der Waals surface area (Å²) >= 11 is 1.71. The van der Waals surface area contributed by atoms with Gasteiger partial charge in [0, 0.05) is 6.04 Å². The molecule has 4 aromatic carbocycles. The molecule has 4 aromatic rings. The molecule has 0 saturated carbocycles. The molecule has 3 nitrogen and oxygen atoms in total. The molecule has 4 heteroatoms. The number of benzene rings is 4. The van der Waals surface area contributed by atoms with E-state index < -0.39 is 4.75 Å². The van der Waals surface area contributed by atoms with E-state index in [0.717, 1.165) is 41.5 Å². The van der Waals surface area contributed by atoms with Crippen LogP contribution >= 0.6 is 11.8 Å². The number of thioether (sulfide) groups is 1. The maximum atomic E-state index is 14.3. The number of carbonyl (C=O) groups is 1. The number of rotatable bonds is 13. The van der Waals surface area contributed by atoms with Gasteiger partial charge < -0.3 is 9.64 Å². The van der Waals surface area contributed by atoms with E-state index >= 15 is 0 Å². The number of hydrogen-bond acceptors (Lipinski definition) is 4. The number of ether oxygens (including phenoxy) is 1. The highest BCUT2D eigenvalue weighted by Crippen LogP contribution is 2.51. The third kappa shape index (κ3) is 6.86. The highest BCUT2D eigenvalue weighted by molar-refractivity contribution is 8.01. The second kappa shape index (κ2) is 14.3. The zero-order chi connectivity index (χ0) is 28.4. The summed E-state index contributed by atoms with van der Waals surface area (Å²) in [6.07, 6.45) is 2.33. The van der Waals surface area contributed by atoms with Crippen LogP contribution in [0.15, 0.2) is 121 Å². The molecule has 0 bridgehead atoms. The van der Waals surface area contributed by atoms with Crippen LogP contribution in [0.4, 0.5) is 0 Å². The van der Waals surface area contributed by atoms with Crippen LogP contribution in [0.25, 0.3) is 0 Å². The number of unbranched alkanes of at least 4 members (excludes halogenated alkanes) is 1. The van der Waals surface area contributed by atoms with Crippen molar-refractivity contribution in [2.24, 2.45) is 0 Å². The van der Waals surface area contributed by atoms with E-state index in [1.807, 2.05) is 62.6 Å². The Labute approximate surface area is 244 Å². The normalized spacial score (nSPS) is 13.9. The zero-order valence-corrected chi connectivity index (χ0v) is 24.9. The molecule has 0 saturated heterocycles. The molecule has 208 valence electrons. The molecule has 0 heterocycles. The van der Waals surface area contributed by atoms with Gasteiger partial charge in [-0.15, -0.1) is 11.8 Å². The van der Waals surface area contributed by atoms with Gasteiger partial charge in [0.25, 0.3) is 0 Å². The first kappa shape index (κ1) is 29.6. The summed E-state index contributed by atoms with van der Waals surface area (Å²) in [4.78, 5) is 16.4. The highest BCUT2D eigenvalue weighted by Gasteiger charge is 2.42. The molecular formula is C36H41NO2S. The SMILES string of the molecule is CCCC[C@@H](SC(c1ccccc1)(c1ccccc1)c1ccccc1)C(=O)O[C@@H](c1ccccc1)[C@H](C)N(C)C. The maximum absolute atomic E-state index is 14.3. The Kier molecular flexibility index (Phi) is 10.6. The Balaban J connectivity index is 1.81. The average Bonchev–Trinajstić information content (AvgIpc) is 3.01. The van der Waals surface area contributed by atoms with Gasteiger partial charge >= 0.3 is 5.97 Å². The van der Waals surface area contributed by atoms with Gasteiger partial charge in [0.1, 0.15) is 11.4 Å². The number of nitrogens with zero attached hydrogens (tertiary/aromatic N) is 1. The summed E-state index contributed by atoms with van der Waals surface area (Å²) in [5.74, 6) is -0.159. The third-order valence-corrected chi connectivity index (χ3v) is 9.34. The molecule has 0 unspecified atom stereocenters. The Bertz CT molecular complexity index is 1200. The summed E-state index contributed by atoms with van der Waals surface area (Å²) < 4.78 is 5.88. The Morgan fingerprint density at radius 3 is 1.57 bits per heavy atom. The number of carbonyl (C=O) groups excluding carboxylic acids is 1. The van der Waals surface area contributed by atoms with Crippen LogP contribution in [0.5, 0.6) is 0 Å². The van der Waals surface area contributed by atoms with Crippen LogP contribution in [0.3, 0.4) is 0 Å². The zero-order valence-electron chi connectivity index (χ0n) is 24.1. The Morgan fingerprint density at radius 1 is 0.750 bits per heavy atom. The van der Waals surface area contributed by atoms with Gasteiger partial charge in [-0.05, 0) is 49.7 Å². The molecule has 0 amide bonds. The minimum Gasteiger partial charge on any atom is -0.455 e. The molecule has 0 N–H and O–H groups in total. The van der Waals surface area contributed by atoms with Crippen LogP contribution in [0, 0.1) is 0 Å². The molecule has 3 atom stereocenters. The van der Waals surface area contributed by atoms with Crippen LogP contribution in [0.1, 0.15) is 61.5 Å². The van der Waals surface area contributed by atoms with Gasteiger partial charge in [0.2, 0.25) is 0 Å². The quantitative estimate of drug-likeness (QED) is 0.123. The Morgan fingerprint density at radius 2 is 1.18 bits per heavy atom. The summed E-state index contributed by atoms with van der Waals surface area (Å²) in [5.41, 5.74) is 4.45. The van der Waals surface area contributed by atoms with Crippen LogP contribution < -0.4 is 0 Å². The summed E-state index contributed by atoms with van der Waals surface area (Å²) in [6, 6.07) is 41.8. The van der Waals surface area contributed by atoms with Crippen molar-refractivity contribution in [2.45, 2.75) is 55.3 Å². The molecule has 0 aromatic heterocycles. The molecule has 0 aliphatic heterocycles. The van der Waals surface area contributed by atoms with Crippen molar-refractivity contribution in [1.29, 1.82) is 0 Å². The monoisotopic (exact) mass is 551 g/mol. The Hall–Kier alpha value is -3.34. The highest BCUT2D eigenvalue weighted by atomic mass is 32.2. The maximum Gasteiger partial charge on any atom is 0.319 e. The molecule has 0 spiro atoms. The van der Waals surface area contributed by atoms with E-state index in [0.29, 0.717) is 0 Å². The molecule has 40 heavy (non-hydrogen) atoms. The van der Waals surface area contributed by atoms with Crippen molar-refractivity contribution in [3.05, 3.63) is 144 Å². The average molecular weight is 552 g/mol. The van der Waals surface area contributed by atoms with Gasteiger partial charge in [-0.1, -0.05) is 141 Å². The lowest BCUT2D eigenvalue weighted by molar-refractivity contribution is -0.152. The van der Waals surface area contributed by atoms with E-state index in [2.05, 4.69) is 91.5 Å². The smallest absolute Gasteiger partial charge is 0.319 e. The molecule has 0 aliphatic rings. The van der Waals surface area contributed by atoms with Crippen LogP contribution in [-0.4, -0.2) is 36.3 Å². The fourth-order valence-electron chi connectivity index (χ4n) is 5.11. The lowest BCUT2D eigenvalue weighted by Gasteiger charge is -2.38. The first-order chi connectivity index (χ1) is 19.5. The van der Waals surface area contributed by atoms with Crippen molar-refractivity contribution >= 4 is 17.7 Å². The van der Waals surface area contributed by atoms with E-state index in [-0.39, 0.29) is 23.4 Å². The summed E-state index contributed by atoms with van der Waals surface area (Å²) in [7, 11) is 4.06. The fourth-order valence-corrected chi connectivity index (χ4v) is 6.79. The topological polar surface area (TPSA) is 29.5 Å². The van der Waals surface area contributed by atoms with Crippen molar-refractivity contribution < 1.29 is 9.53 Å². The molecule has 0 fully saturated rings. The summed E-state index contributed by atoms with van der Waals surface area (Å²) in [6.45, 7) is 4.29. The van der Waals surface area contributed by atoms with E-state index in [1.165, 1.54) is 0 Å². The predicted molar refractivity (Wildman–Crippen MR) is 169 cm³/mol.